The first-order valence-electron chi connectivity index (χ1n) is 8.67. The summed E-state index contributed by atoms with van der Waals surface area (Å²) in [5, 5.41) is 0.238. The Bertz CT molecular complexity index is 873. The molecule has 0 bridgehead atoms. The minimum absolute atomic E-state index is 0.110. The molecule has 0 N–H and O–H groups in total. The van der Waals surface area contributed by atoms with Crippen molar-refractivity contribution in [1.29, 1.82) is 0 Å². The van der Waals surface area contributed by atoms with Gasteiger partial charge in [0, 0.05) is 30.1 Å². The molecule has 1 aliphatic rings. The van der Waals surface area contributed by atoms with Gasteiger partial charge in [-0.05, 0) is 44.9 Å². The Kier molecular flexibility index (Phi) is 6.19. The van der Waals surface area contributed by atoms with Crippen molar-refractivity contribution in [1.82, 2.24) is 9.55 Å². The number of carbonyl (C=O) groups excluding carboxylic acids is 2. The SMILES string of the molecule is Cc1cc(C(=O)COC(=O)c2nc(Cl)ccc2Cl)c(C)n1C[C@@H]1CCCO1. The summed E-state index contributed by atoms with van der Waals surface area (Å²) < 4.78 is 12.8. The van der Waals surface area contributed by atoms with Crippen LogP contribution in [-0.4, -0.2) is 40.6 Å². The van der Waals surface area contributed by atoms with Crippen LogP contribution < -0.4 is 0 Å². The van der Waals surface area contributed by atoms with Crippen LogP contribution in [-0.2, 0) is 16.0 Å². The molecule has 2 aromatic heterocycles. The second-order valence-corrected chi connectivity index (χ2v) is 7.29. The van der Waals surface area contributed by atoms with Gasteiger partial charge in [0.15, 0.2) is 12.3 Å². The predicted molar refractivity (Wildman–Crippen MR) is 102 cm³/mol. The fourth-order valence-corrected chi connectivity index (χ4v) is 3.52. The van der Waals surface area contributed by atoms with Crippen molar-refractivity contribution >= 4 is 35.0 Å². The molecule has 1 fully saturated rings. The first kappa shape index (κ1) is 19.9. The van der Waals surface area contributed by atoms with Crippen molar-refractivity contribution in [3.8, 4) is 0 Å². The maximum atomic E-state index is 12.6. The summed E-state index contributed by atoms with van der Waals surface area (Å²) in [5.41, 5.74) is 2.23. The number of esters is 1. The number of Topliss-reactive ketones (excluding diaryl/α,β-unsaturated/α-hetero) is 1. The van der Waals surface area contributed by atoms with Crippen molar-refractivity contribution in [2.45, 2.75) is 39.3 Å². The first-order valence-corrected chi connectivity index (χ1v) is 9.43. The van der Waals surface area contributed by atoms with Crippen LogP contribution in [0, 0.1) is 13.8 Å². The summed E-state index contributed by atoms with van der Waals surface area (Å²) in [4.78, 5) is 28.5. The van der Waals surface area contributed by atoms with Gasteiger partial charge >= 0.3 is 5.97 Å². The van der Waals surface area contributed by atoms with Crippen LogP contribution in [0.3, 0.4) is 0 Å². The Labute approximate surface area is 167 Å². The third-order valence-electron chi connectivity index (χ3n) is 4.62. The molecule has 1 saturated heterocycles. The second kappa shape index (κ2) is 8.42. The lowest BCUT2D eigenvalue weighted by atomic mass is 10.1. The van der Waals surface area contributed by atoms with E-state index < -0.39 is 12.6 Å². The summed E-state index contributed by atoms with van der Waals surface area (Å²) >= 11 is 11.7. The molecule has 0 saturated carbocycles. The highest BCUT2D eigenvalue weighted by molar-refractivity contribution is 6.34. The van der Waals surface area contributed by atoms with Gasteiger partial charge in [0.1, 0.15) is 5.15 Å². The van der Waals surface area contributed by atoms with E-state index in [0.29, 0.717) is 12.1 Å². The average molecular weight is 411 g/mol. The highest BCUT2D eigenvalue weighted by atomic mass is 35.5. The molecule has 3 heterocycles. The van der Waals surface area contributed by atoms with E-state index in [2.05, 4.69) is 9.55 Å². The lowest BCUT2D eigenvalue weighted by Gasteiger charge is -2.14. The molecule has 6 nitrogen and oxygen atoms in total. The quantitative estimate of drug-likeness (QED) is 0.408. The number of carbonyl (C=O) groups is 2. The van der Waals surface area contributed by atoms with Crippen LogP contribution >= 0.6 is 23.2 Å². The van der Waals surface area contributed by atoms with E-state index in [1.54, 1.807) is 0 Å². The molecule has 0 aromatic carbocycles. The summed E-state index contributed by atoms with van der Waals surface area (Å²) in [5.74, 6) is -1.07. The molecule has 3 rings (SSSR count). The van der Waals surface area contributed by atoms with Crippen LogP contribution in [0.1, 0.15) is 45.1 Å². The van der Waals surface area contributed by atoms with Gasteiger partial charge in [-0.15, -0.1) is 0 Å². The molecule has 0 spiro atoms. The Morgan fingerprint density at radius 3 is 2.81 bits per heavy atom. The Balaban J connectivity index is 1.67. The fraction of sp³-hybridized carbons (Fsp3) is 0.421. The zero-order chi connectivity index (χ0) is 19.6. The lowest BCUT2D eigenvalue weighted by molar-refractivity contribution is 0.0469. The van der Waals surface area contributed by atoms with E-state index in [9.17, 15) is 9.59 Å². The number of pyridine rings is 1. The van der Waals surface area contributed by atoms with Gasteiger partial charge in [-0.2, -0.15) is 0 Å². The highest BCUT2D eigenvalue weighted by Crippen LogP contribution is 2.21. The molecule has 8 heteroatoms. The Morgan fingerprint density at radius 2 is 2.11 bits per heavy atom. The van der Waals surface area contributed by atoms with Gasteiger partial charge in [-0.25, -0.2) is 9.78 Å². The zero-order valence-corrected chi connectivity index (χ0v) is 16.6. The maximum Gasteiger partial charge on any atom is 0.359 e. The average Bonchev–Trinajstić information content (AvgIpc) is 3.25. The lowest BCUT2D eigenvalue weighted by Crippen LogP contribution is -2.18. The van der Waals surface area contributed by atoms with E-state index in [-0.39, 0.29) is 27.8 Å². The smallest absolute Gasteiger partial charge is 0.359 e. The van der Waals surface area contributed by atoms with Crippen molar-refractivity contribution in [3.63, 3.8) is 0 Å². The Morgan fingerprint density at radius 1 is 1.33 bits per heavy atom. The van der Waals surface area contributed by atoms with Gasteiger partial charge in [0.2, 0.25) is 5.78 Å². The zero-order valence-electron chi connectivity index (χ0n) is 15.1. The van der Waals surface area contributed by atoms with Gasteiger partial charge in [0.05, 0.1) is 11.1 Å². The highest BCUT2D eigenvalue weighted by Gasteiger charge is 2.22. The number of rotatable bonds is 6. The minimum Gasteiger partial charge on any atom is -0.453 e. The topological polar surface area (TPSA) is 70.4 Å². The molecular weight excluding hydrogens is 391 g/mol. The first-order chi connectivity index (χ1) is 12.9. The van der Waals surface area contributed by atoms with Crippen molar-refractivity contribution < 1.29 is 19.1 Å². The molecule has 0 unspecified atom stereocenters. The summed E-state index contributed by atoms with van der Waals surface area (Å²) in [6.45, 7) is 4.93. The summed E-state index contributed by atoms with van der Waals surface area (Å²) in [6, 6.07) is 4.73. The third-order valence-corrected chi connectivity index (χ3v) is 5.14. The monoisotopic (exact) mass is 410 g/mol. The van der Waals surface area contributed by atoms with E-state index in [1.165, 1.54) is 12.1 Å². The summed E-state index contributed by atoms with van der Waals surface area (Å²) in [6.07, 6.45) is 2.25. The predicted octanol–water partition coefficient (Wildman–Crippen LogP) is 4.03. The molecule has 2 aromatic rings. The number of aromatic nitrogens is 2. The number of nitrogens with zero attached hydrogens (tertiary/aromatic N) is 2. The molecule has 144 valence electrons. The van der Waals surface area contributed by atoms with E-state index in [0.717, 1.165) is 30.8 Å². The van der Waals surface area contributed by atoms with Crippen LogP contribution in [0.25, 0.3) is 0 Å². The van der Waals surface area contributed by atoms with Crippen molar-refractivity contribution in [2.24, 2.45) is 0 Å². The number of ketones is 1. The van der Waals surface area contributed by atoms with Gasteiger partial charge in [0.25, 0.3) is 0 Å². The van der Waals surface area contributed by atoms with Crippen LogP contribution in [0.2, 0.25) is 10.2 Å². The number of aryl methyl sites for hydroxylation is 1. The molecule has 0 amide bonds. The molecule has 27 heavy (non-hydrogen) atoms. The van der Waals surface area contributed by atoms with Crippen LogP contribution in [0.5, 0.6) is 0 Å². The molecule has 0 radical (unpaired) electrons. The maximum absolute atomic E-state index is 12.6. The largest absolute Gasteiger partial charge is 0.453 e. The number of hydrogen-bond donors (Lipinski definition) is 0. The molecule has 0 aliphatic carbocycles. The van der Waals surface area contributed by atoms with E-state index >= 15 is 0 Å². The minimum atomic E-state index is -0.788. The van der Waals surface area contributed by atoms with Crippen LogP contribution in [0.15, 0.2) is 18.2 Å². The third kappa shape index (κ3) is 4.51. The van der Waals surface area contributed by atoms with Crippen molar-refractivity contribution in [3.05, 3.63) is 51.0 Å². The Hall–Kier alpha value is -1.89. The second-order valence-electron chi connectivity index (χ2n) is 6.49. The van der Waals surface area contributed by atoms with Gasteiger partial charge in [-0.1, -0.05) is 23.2 Å². The van der Waals surface area contributed by atoms with Gasteiger partial charge in [-0.3, -0.25) is 4.79 Å². The van der Waals surface area contributed by atoms with Crippen molar-refractivity contribution in [2.75, 3.05) is 13.2 Å². The van der Waals surface area contributed by atoms with E-state index in [1.807, 2.05) is 19.9 Å². The van der Waals surface area contributed by atoms with E-state index in [4.69, 9.17) is 32.7 Å². The number of ether oxygens (including phenoxy) is 2. The molecular formula is C19H20Cl2N2O4. The molecule has 1 atom stereocenters. The number of halogens is 2. The normalized spacial score (nSPS) is 16.5. The summed E-state index contributed by atoms with van der Waals surface area (Å²) in [7, 11) is 0. The standard InChI is InChI=1S/C19H20Cl2N2O4/c1-11-8-14(12(2)23(11)9-13-4-3-7-26-13)16(24)10-27-19(25)18-15(20)5-6-17(21)22-18/h5-6,8,13H,3-4,7,9-10H2,1-2H3/t13-/m0/s1. The molecule has 1 aliphatic heterocycles. The van der Waals surface area contributed by atoms with Gasteiger partial charge < -0.3 is 14.0 Å². The van der Waals surface area contributed by atoms with Crippen LogP contribution in [0.4, 0.5) is 0 Å². The number of hydrogen-bond acceptors (Lipinski definition) is 5. The fourth-order valence-electron chi connectivity index (χ4n) is 3.20.